The summed E-state index contributed by atoms with van der Waals surface area (Å²) in [5, 5.41) is 8.42. The Morgan fingerprint density at radius 3 is 2.69 bits per heavy atom. The van der Waals surface area contributed by atoms with Crippen molar-refractivity contribution in [2.45, 2.75) is 12.5 Å². The van der Waals surface area contributed by atoms with Crippen LogP contribution in [0.4, 0.5) is 0 Å². The largest absolute Gasteiger partial charge is 0.480 e. The van der Waals surface area contributed by atoms with Gasteiger partial charge in [0.1, 0.15) is 6.04 Å². The van der Waals surface area contributed by atoms with Gasteiger partial charge in [0.15, 0.2) is 0 Å². The van der Waals surface area contributed by atoms with E-state index in [4.69, 9.17) is 10.8 Å². The van der Waals surface area contributed by atoms with Gasteiger partial charge in [0.05, 0.1) is 12.7 Å². The number of carbonyl (C=O) groups is 1. The number of carboxylic acids is 1. The lowest BCUT2D eigenvalue weighted by atomic mass is 10.2. The number of carboxylic acid groups (broad SMARTS) is 1. The van der Waals surface area contributed by atoms with Crippen LogP contribution in [0.1, 0.15) is 5.69 Å². The Morgan fingerprint density at radius 1 is 1.50 bits per heavy atom. The average Bonchev–Trinajstić information content (AvgIpc) is 2.92. The average molecular weight is 223 g/mol. The third-order valence-corrected chi connectivity index (χ3v) is 1.72. The second kappa shape index (κ2) is 6.36. The number of aliphatic carboxylic acids is 1. The number of aromatic amines is 2. The zero-order valence-electron chi connectivity index (χ0n) is 8.50. The Bertz CT molecular complexity index is 367. The summed E-state index contributed by atoms with van der Waals surface area (Å²) < 4.78 is 0. The molecule has 0 aliphatic heterocycles. The Hall–Kier alpha value is -2.15. The van der Waals surface area contributed by atoms with Gasteiger partial charge >= 0.3 is 5.97 Å². The van der Waals surface area contributed by atoms with Crippen LogP contribution in [0.3, 0.4) is 0 Å². The molecule has 1 atom stereocenters. The third-order valence-electron chi connectivity index (χ3n) is 1.72. The predicted molar refractivity (Wildman–Crippen MR) is 56.5 cm³/mol. The van der Waals surface area contributed by atoms with Gasteiger partial charge in [0.25, 0.3) is 0 Å². The first-order valence-electron chi connectivity index (χ1n) is 4.58. The molecule has 0 aliphatic carbocycles. The van der Waals surface area contributed by atoms with Crippen molar-refractivity contribution < 1.29 is 9.90 Å². The number of nitrogens with zero attached hydrogens (tertiary/aromatic N) is 2. The second-order valence-electron chi connectivity index (χ2n) is 2.99. The van der Waals surface area contributed by atoms with Crippen LogP contribution in [0.5, 0.6) is 0 Å². The highest BCUT2D eigenvalue weighted by molar-refractivity contribution is 5.73. The fourth-order valence-electron chi connectivity index (χ4n) is 0.936. The first-order valence-corrected chi connectivity index (χ1v) is 4.58. The summed E-state index contributed by atoms with van der Waals surface area (Å²) in [5.74, 6) is -1.00. The summed E-state index contributed by atoms with van der Waals surface area (Å²) >= 11 is 0. The molecule has 86 valence electrons. The van der Waals surface area contributed by atoms with E-state index in [-0.39, 0.29) is 6.42 Å². The first-order chi connectivity index (χ1) is 7.70. The molecule has 0 aromatic carbocycles. The van der Waals surface area contributed by atoms with Crippen molar-refractivity contribution in [2.24, 2.45) is 5.73 Å². The van der Waals surface area contributed by atoms with E-state index in [1.807, 2.05) is 0 Å². The van der Waals surface area contributed by atoms with Gasteiger partial charge in [-0.1, -0.05) is 0 Å². The first kappa shape index (κ1) is 11.9. The minimum atomic E-state index is -1.00. The highest BCUT2D eigenvalue weighted by Crippen LogP contribution is 1.95. The molecule has 16 heavy (non-hydrogen) atoms. The molecule has 0 saturated heterocycles. The maximum absolute atomic E-state index is 10.3. The van der Waals surface area contributed by atoms with Crippen molar-refractivity contribution in [3.05, 3.63) is 36.9 Å². The van der Waals surface area contributed by atoms with Gasteiger partial charge in [0, 0.05) is 30.7 Å². The van der Waals surface area contributed by atoms with E-state index in [0.717, 1.165) is 5.69 Å². The molecule has 2 aromatic rings. The second-order valence-corrected chi connectivity index (χ2v) is 2.99. The number of hydrogen-bond donors (Lipinski definition) is 4. The third kappa shape index (κ3) is 4.38. The zero-order chi connectivity index (χ0) is 11.8. The zero-order valence-corrected chi connectivity index (χ0v) is 8.50. The monoisotopic (exact) mass is 223 g/mol. The summed E-state index contributed by atoms with van der Waals surface area (Å²) in [4.78, 5) is 23.2. The van der Waals surface area contributed by atoms with Crippen molar-refractivity contribution >= 4 is 5.97 Å². The SMILES string of the molecule is N[C@@H](Cc1cnc[nH]1)C(=O)O.c1c[nH]cn1. The van der Waals surface area contributed by atoms with Crippen molar-refractivity contribution in [1.82, 2.24) is 19.9 Å². The molecule has 7 heteroatoms. The van der Waals surface area contributed by atoms with E-state index >= 15 is 0 Å². The number of H-pyrrole nitrogens is 2. The van der Waals surface area contributed by atoms with Crippen LogP contribution in [0.25, 0.3) is 0 Å². The van der Waals surface area contributed by atoms with Crippen LogP contribution in [0.2, 0.25) is 0 Å². The van der Waals surface area contributed by atoms with Crippen LogP contribution in [-0.2, 0) is 11.2 Å². The normalized spacial score (nSPS) is 11.3. The van der Waals surface area contributed by atoms with Gasteiger partial charge in [-0.05, 0) is 0 Å². The van der Waals surface area contributed by atoms with Gasteiger partial charge in [0.2, 0.25) is 0 Å². The van der Waals surface area contributed by atoms with E-state index in [0.29, 0.717) is 0 Å². The fraction of sp³-hybridized carbons (Fsp3) is 0.222. The number of aromatic nitrogens is 4. The number of imidazole rings is 2. The van der Waals surface area contributed by atoms with Crippen molar-refractivity contribution in [3.63, 3.8) is 0 Å². The molecule has 0 radical (unpaired) electrons. The Morgan fingerprint density at radius 2 is 2.31 bits per heavy atom. The van der Waals surface area contributed by atoms with Crippen molar-refractivity contribution in [3.8, 4) is 0 Å². The quantitative estimate of drug-likeness (QED) is 0.573. The summed E-state index contributed by atoms with van der Waals surface area (Å²) in [6.07, 6.45) is 8.42. The summed E-state index contributed by atoms with van der Waals surface area (Å²) in [6.45, 7) is 0. The molecule has 0 fully saturated rings. The van der Waals surface area contributed by atoms with Gasteiger partial charge in [-0.15, -0.1) is 0 Å². The molecule has 2 aromatic heterocycles. The highest BCUT2D eigenvalue weighted by atomic mass is 16.4. The van der Waals surface area contributed by atoms with E-state index in [1.54, 1.807) is 24.9 Å². The molecule has 0 unspecified atom stereocenters. The standard InChI is InChI=1S/C6H9N3O2.C3H4N2/c7-5(6(10)11)1-4-2-8-3-9-4;1-2-5-3-4-1/h2-3,5H,1,7H2,(H,8,9)(H,10,11);1-3H,(H,4,5)/t5-;/m0./s1. The minimum Gasteiger partial charge on any atom is -0.480 e. The summed E-state index contributed by atoms with van der Waals surface area (Å²) in [5.41, 5.74) is 6.00. The number of nitrogens with one attached hydrogen (secondary N) is 2. The van der Waals surface area contributed by atoms with E-state index in [1.165, 1.54) is 6.33 Å². The Balaban J connectivity index is 0.000000212. The summed E-state index contributed by atoms with van der Waals surface area (Å²) in [7, 11) is 0. The van der Waals surface area contributed by atoms with Crippen LogP contribution in [0, 0.1) is 0 Å². The van der Waals surface area contributed by atoms with Crippen LogP contribution in [0.15, 0.2) is 31.2 Å². The molecule has 0 bridgehead atoms. The van der Waals surface area contributed by atoms with E-state index in [9.17, 15) is 4.79 Å². The lowest BCUT2D eigenvalue weighted by Gasteiger charge is -2.02. The topological polar surface area (TPSA) is 121 Å². The lowest BCUT2D eigenvalue weighted by molar-refractivity contribution is -0.138. The molecule has 0 amide bonds. The van der Waals surface area contributed by atoms with Gasteiger partial charge in [-0.25, -0.2) is 9.97 Å². The molecule has 2 heterocycles. The maximum Gasteiger partial charge on any atom is 0.320 e. The smallest absolute Gasteiger partial charge is 0.320 e. The maximum atomic E-state index is 10.3. The fourth-order valence-corrected chi connectivity index (χ4v) is 0.936. The highest BCUT2D eigenvalue weighted by Gasteiger charge is 2.11. The number of rotatable bonds is 3. The Labute approximate surface area is 91.7 Å². The van der Waals surface area contributed by atoms with E-state index < -0.39 is 12.0 Å². The molecule has 0 aliphatic rings. The Kier molecular flexibility index (Phi) is 4.74. The molecule has 5 N–H and O–H groups in total. The van der Waals surface area contributed by atoms with Gasteiger partial charge in [-0.3, -0.25) is 4.79 Å². The lowest BCUT2D eigenvalue weighted by Crippen LogP contribution is -2.32. The molecular weight excluding hydrogens is 210 g/mol. The number of hydrogen-bond acceptors (Lipinski definition) is 4. The molecule has 0 saturated carbocycles. The van der Waals surface area contributed by atoms with Crippen molar-refractivity contribution in [1.29, 1.82) is 0 Å². The van der Waals surface area contributed by atoms with E-state index in [2.05, 4.69) is 19.9 Å². The molecular formula is C9H13N5O2. The molecule has 7 nitrogen and oxygen atoms in total. The van der Waals surface area contributed by atoms with Crippen LogP contribution < -0.4 is 5.73 Å². The molecule has 2 rings (SSSR count). The van der Waals surface area contributed by atoms with Gasteiger partial charge in [-0.2, -0.15) is 0 Å². The summed E-state index contributed by atoms with van der Waals surface area (Å²) in [6, 6.07) is -0.851. The van der Waals surface area contributed by atoms with Crippen LogP contribution >= 0.6 is 0 Å². The van der Waals surface area contributed by atoms with Crippen LogP contribution in [-0.4, -0.2) is 37.1 Å². The predicted octanol–water partition coefficient (Wildman–Crippen LogP) is -0.226. The number of nitrogens with two attached hydrogens (primary N) is 1. The minimum absolute atomic E-state index is 0.287. The van der Waals surface area contributed by atoms with Gasteiger partial charge < -0.3 is 20.8 Å². The van der Waals surface area contributed by atoms with Crippen molar-refractivity contribution in [2.75, 3.05) is 0 Å². The molecule has 0 spiro atoms.